The van der Waals surface area contributed by atoms with E-state index in [0.29, 0.717) is 18.6 Å². The Labute approximate surface area is 111 Å². The number of amides is 1. The second-order valence-electron chi connectivity index (χ2n) is 5.71. The second-order valence-corrected chi connectivity index (χ2v) is 5.71. The van der Waals surface area contributed by atoms with E-state index in [1.807, 2.05) is 11.8 Å². The highest BCUT2D eigenvalue weighted by molar-refractivity contribution is 5.81. The highest BCUT2D eigenvalue weighted by Crippen LogP contribution is 2.12. The van der Waals surface area contributed by atoms with Crippen molar-refractivity contribution < 1.29 is 9.53 Å². The molecular formula is C14H28N2O2. The summed E-state index contributed by atoms with van der Waals surface area (Å²) in [5.41, 5.74) is 0. The fourth-order valence-corrected chi connectivity index (χ4v) is 2.15. The molecule has 4 nitrogen and oxygen atoms in total. The van der Waals surface area contributed by atoms with Gasteiger partial charge in [0.15, 0.2) is 0 Å². The van der Waals surface area contributed by atoms with Crippen molar-refractivity contribution in [2.24, 2.45) is 5.92 Å². The van der Waals surface area contributed by atoms with Crippen LogP contribution >= 0.6 is 0 Å². The molecule has 0 bridgehead atoms. The van der Waals surface area contributed by atoms with E-state index in [9.17, 15) is 4.79 Å². The first kappa shape index (κ1) is 15.4. The van der Waals surface area contributed by atoms with Gasteiger partial charge in [-0.3, -0.25) is 4.79 Å². The van der Waals surface area contributed by atoms with Crippen LogP contribution in [0.4, 0.5) is 0 Å². The number of hydrogen-bond donors (Lipinski definition) is 1. The number of rotatable bonds is 5. The van der Waals surface area contributed by atoms with E-state index in [0.717, 1.165) is 19.5 Å². The molecule has 4 heteroatoms. The third-order valence-corrected chi connectivity index (χ3v) is 3.73. The van der Waals surface area contributed by atoms with Crippen LogP contribution in [0.15, 0.2) is 0 Å². The zero-order valence-corrected chi connectivity index (χ0v) is 12.4. The number of nitrogens with one attached hydrogen (secondary N) is 1. The van der Waals surface area contributed by atoms with Gasteiger partial charge in [0, 0.05) is 31.8 Å². The molecule has 1 amide bonds. The number of carbonyl (C=O) groups is 1. The maximum absolute atomic E-state index is 12.3. The minimum atomic E-state index is -0.323. The van der Waals surface area contributed by atoms with Crippen LogP contribution in [0.2, 0.25) is 0 Å². The van der Waals surface area contributed by atoms with Crippen molar-refractivity contribution in [1.29, 1.82) is 0 Å². The Balaban J connectivity index is 2.42. The molecule has 3 atom stereocenters. The topological polar surface area (TPSA) is 41.6 Å². The highest BCUT2D eigenvalue weighted by Gasteiger charge is 2.30. The van der Waals surface area contributed by atoms with Crippen LogP contribution in [0, 0.1) is 5.92 Å². The summed E-state index contributed by atoms with van der Waals surface area (Å²) in [6.07, 6.45) is 0.682. The molecule has 18 heavy (non-hydrogen) atoms. The summed E-state index contributed by atoms with van der Waals surface area (Å²) in [7, 11) is 0. The van der Waals surface area contributed by atoms with E-state index in [4.69, 9.17) is 4.74 Å². The molecule has 0 aliphatic carbocycles. The van der Waals surface area contributed by atoms with E-state index in [-0.39, 0.29) is 18.1 Å². The van der Waals surface area contributed by atoms with Crippen molar-refractivity contribution in [1.82, 2.24) is 10.2 Å². The third kappa shape index (κ3) is 4.25. The molecule has 0 radical (unpaired) electrons. The Kier molecular flexibility index (Phi) is 6.09. The second kappa shape index (κ2) is 7.10. The summed E-state index contributed by atoms with van der Waals surface area (Å²) in [5.74, 6) is 0.741. The fourth-order valence-electron chi connectivity index (χ4n) is 2.15. The van der Waals surface area contributed by atoms with Gasteiger partial charge in [-0.1, -0.05) is 13.8 Å². The minimum Gasteiger partial charge on any atom is -0.369 e. The van der Waals surface area contributed by atoms with E-state index >= 15 is 0 Å². The predicted molar refractivity (Wildman–Crippen MR) is 73.5 cm³/mol. The molecule has 106 valence electrons. The Bertz CT molecular complexity index is 269. The van der Waals surface area contributed by atoms with Crippen molar-refractivity contribution in [3.63, 3.8) is 0 Å². The molecule has 1 N–H and O–H groups in total. The molecule has 0 spiro atoms. The lowest BCUT2D eigenvalue weighted by molar-refractivity contribution is -0.146. The van der Waals surface area contributed by atoms with Gasteiger partial charge in [0.1, 0.15) is 6.10 Å². The zero-order chi connectivity index (χ0) is 13.7. The molecule has 1 rings (SSSR count). The SMILES string of the molecule is CC(C)CCOC(C)C(=O)N1CCNC(C)C1C. The summed E-state index contributed by atoms with van der Waals surface area (Å²) < 4.78 is 5.64. The van der Waals surface area contributed by atoms with Crippen LogP contribution in [-0.4, -0.2) is 48.7 Å². The Morgan fingerprint density at radius 3 is 2.67 bits per heavy atom. The van der Waals surface area contributed by atoms with Gasteiger partial charge < -0.3 is 15.0 Å². The first-order valence-corrected chi connectivity index (χ1v) is 7.09. The van der Waals surface area contributed by atoms with Crippen LogP contribution in [-0.2, 0) is 9.53 Å². The molecule has 1 saturated heterocycles. The summed E-state index contributed by atoms with van der Waals surface area (Å²) in [4.78, 5) is 14.2. The van der Waals surface area contributed by atoms with Gasteiger partial charge in [0.05, 0.1) is 0 Å². The number of hydrogen-bond acceptors (Lipinski definition) is 3. The van der Waals surface area contributed by atoms with Gasteiger partial charge in [-0.15, -0.1) is 0 Å². The van der Waals surface area contributed by atoms with Crippen LogP contribution in [0.5, 0.6) is 0 Å². The Hall–Kier alpha value is -0.610. The minimum absolute atomic E-state index is 0.125. The summed E-state index contributed by atoms with van der Waals surface area (Å²) >= 11 is 0. The lowest BCUT2D eigenvalue weighted by Gasteiger charge is -2.39. The van der Waals surface area contributed by atoms with Gasteiger partial charge in [0.2, 0.25) is 0 Å². The molecule has 0 aromatic carbocycles. The molecule has 0 aromatic heterocycles. The Morgan fingerprint density at radius 2 is 2.06 bits per heavy atom. The van der Waals surface area contributed by atoms with Crippen LogP contribution in [0.3, 0.4) is 0 Å². The number of piperazine rings is 1. The number of nitrogens with zero attached hydrogens (tertiary/aromatic N) is 1. The van der Waals surface area contributed by atoms with Gasteiger partial charge in [-0.2, -0.15) is 0 Å². The molecule has 1 fully saturated rings. The number of carbonyl (C=O) groups excluding carboxylic acids is 1. The van der Waals surface area contributed by atoms with E-state index in [2.05, 4.69) is 33.0 Å². The lowest BCUT2D eigenvalue weighted by atomic mass is 10.1. The molecule has 3 unspecified atom stereocenters. The number of ether oxygens (including phenoxy) is 1. The van der Waals surface area contributed by atoms with Gasteiger partial charge >= 0.3 is 0 Å². The lowest BCUT2D eigenvalue weighted by Crippen LogP contribution is -2.59. The molecule has 0 saturated carbocycles. The smallest absolute Gasteiger partial charge is 0.251 e. The molecule has 1 aliphatic rings. The van der Waals surface area contributed by atoms with Crippen molar-refractivity contribution in [3.05, 3.63) is 0 Å². The van der Waals surface area contributed by atoms with E-state index in [1.54, 1.807) is 0 Å². The van der Waals surface area contributed by atoms with Gasteiger partial charge in [-0.05, 0) is 33.1 Å². The zero-order valence-electron chi connectivity index (χ0n) is 12.4. The maximum Gasteiger partial charge on any atom is 0.251 e. The normalized spacial score (nSPS) is 26.4. The van der Waals surface area contributed by atoms with E-state index < -0.39 is 0 Å². The van der Waals surface area contributed by atoms with E-state index in [1.165, 1.54) is 0 Å². The largest absolute Gasteiger partial charge is 0.369 e. The highest BCUT2D eigenvalue weighted by atomic mass is 16.5. The predicted octanol–water partition coefficient (Wildman–Crippen LogP) is 1.65. The first-order chi connectivity index (χ1) is 8.43. The van der Waals surface area contributed by atoms with Gasteiger partial charge in [-0.25, -0.2) is 0 Å². The van der Waals surface area contributed by atoms with Crippen LogP contribution < -0.4 is 5.32 Å². The maximum atomic E-state index is 12.3. The molecular weight excluding hydrogens is 228 g/mol. The van der Waals surface area contributed by atoms with Gasteiger partial charge in [0.25, 0.3) is 5.91 Å². The van der Waals surface area contributed by atoms with Crippen molar-refractivity contribution in [2.45, 2.75) is 59.2 Å². The first-order valence-electron chi connectivity index (χ1n) is 7.09. The monoisotopic (exact) mass is 256 g/mol. The van der Waals surface area contributed by atoms with Crippen LogP contribution in [0.25, 0.3) is 0 Å². The average Bonchev–Trinajstić information content (AvgIpc) is 2.31. The van der Waals surface area contributed by atoms with Crippen molar-refractivity contribution in [3.8, 4) is 0 Å². The fraction of sp³-hybridized carbons (Fsp3) is 0.929. The Morgan fingerprint density at radius 1 is 1.39 bits per heavy atom. The molecule has 1 heterocycles. The standard InChI is InChI=1S/C14H28N2O2/c1-10(2)6-9-18-13(5)14(17)16-8-7-15-11(3)12(16)4/h10-13,15H,6-9H2,1-5H3. The summed E-state index contributed by atoms with van der Waals surface area (Å²) in [6, 6.07) is 0.591. The summed E-state index contributed by atoms with van der Waals surface area (Å²) in [5, 5.41) is 3.38. The summed E-state index contributed by atoms with van der Waals surface area (Å²) in [6.45, 7) is 12.7. The quantitative estimate of drug-likeness (QED) is 0.813. The van der Waals surface area contributed by atoms with Crippen molar-refractivity contribution >= 4 is 5.91 Å². The van der Waals surface area contributed by atoms with Crippen LogP contribution in [0.1, 0.15) is 41.0 Å². The van der Waals surface area contributed by atoms with Crippen molar-refractivity contribution in [2.75, 3.05) is 19.7 Å². The third-order valence-electron chi connectivity index (χ3n) is 3.73. The molecule has 1 aliphatic heterocycles. The average molecular weight is 256 g/mol. The molecule has 0 aromatic rings.